The standard InChI is InChI=1S/C4H8ClN3/c1-8-4(7)3(5)2-6/h2H,6H2,1H3,(H2,7,8)/b3-2+. The van der Waals surface area contributed by atoms with E-state index in [9.17, 15) is 0 Å². The highest BCUT2D eigenvalue weighted by molar-refractivity contribution is 6.42. The largest absolute Gasteiger partial charge is 0.403 e. The van der Waals surface area contributed by atoms with Crippen LogP contribution in [0.2, 0.25) is 0 Å². The summed E-state index contributed by atoms with van der Waals surface area (Å²) in [7, 11) is 1.61. The van der Waals surface area contributed by atoms with Crippen LogP contribution in [0.1, 0.15) is 0 Å². The molecule has 0 spiro atoms. The summed E-state index contributed by atoms with van der Waals surface area (Å²) in [5, 5.41) is 9.70. The number of halogens is 1. The van der Waals surface area contributed by atoms with Crippen molar-refractivity contribution in [2.75, 3.05) is 7.05 Å². The van der Waals surface area contributed by atoms with Crippen LogP contribution < -0.4 is 11.1 Å². The van der Waals surface area contributed by atoms with Crippen LogP contribution >= 0.6 is 11.6 Å². The maximum Gasteiger partial charge on any atom is 0.138 e. The normalized spacial score (nSPS) is 11.0. The van der Waals surface area contributed by atoms with Crippen molar-refractivity contribution in [3.05, 3.63) is 11.2 Å². The molecule has 0 aromatic carbocycles. The van der Waals surface area contributed by atoms with Crippen LogP contribution in [-0.2, 0) is 0 Å². The predicted octanol–water partition coefficient (Wildman–Crippen LogP) is 0.222. The first-order chi connectivity index (χ1) is 3.72. The van der Waals surface area contributed by atoms with E-state index in [0.29, 0.717) is 0 Å². The van der Waals surface area contributed by atoms with Gasteiger partial charge in [-0.1, -0.05) is 11.6 Å². The van der Waals surface area contributed by atoms with Crippen molar-refractivity contribution in [1.82, 2.24) is 5.32 Å². The third-order valence-electron chi connectivity index (χ3n) is 0.635. The van der Waals surface area contributed by atoms with Gasteiger partial charge in [-0.3, -0.25) is 5.41 Å². The van der Waals surface area contributed by atoms with Gasteiger partial charge in [-0.25, -0.2) is 0 Å². The predicted molar refractivity (Wildman–Crippen MR) is 34.9 cm³/mol. The molecule has 0 radical (unpaired) electrons. The average Bonchev–Trinajstić information content (AvgIpc) is 1.84. The van der Waals surface area contributed by atoms with Crippen molar-refractivity contribution in [2.24, 2.45) is 5.73 Å². The number of nitrogens with two attached hydrogens (primary N) is 1. The first-order valence-corrected chi connectivity index (χ1v) is 2.44. The van der Waals surface area contributed by atoms with E-state index in [1.54, 1.807) is 7.05 Å². The molecular weight excluding hydrogens is 126 g/mol. The molecule has 0 amide bonds. The molecule has 0 aliphatic heterocycles. The minimum absolute atomic E-state index is 0.133. The molecule has 0 unspecified atom stereocenters. The summed E-state index contributed by atoms with van der Waals surface area (Å²) in [5.41, 5.74) is 4.97. The molecule has 0 rings (SSSR count). The fourth-order valence-electron chi connectivity index (χ4n) is 0.203. The summed E-state index contributed by atoms with van der Waals surface area (Å²) in [6, 6.07) is 0. The fraction of sp³-hybridized carbons (Fsp3) is 0.250. The van der Waals surface area contributed by atoms with Crippen molar-refractivity contribution in [1.29, 1.82) is 5.41 Å². The van der Waals surface area contributed by atoms with Crippen LogP contribution in [-0.4, -0.2) is 12.9 Å². The second-order valence-corrected chi connectivity index (χ2v) is 1.55. The first kappa shape index (κ1) is 7.30. The van der Waals surface area contributed by atoms with Gasteiger partial charge in [0, 0.05) is 13.2 Å². The van der Waals surface area contributed by atoms with Crippen LogP contribution in [0.3, 0.4) is 0 Å². The Bertz CT molecular complexity index is 118. The van der Waals surface area contributed by atoms with Gasteiger partial charge < -0.3 is 11.1 Å². The lowest BCUT2D eigenvalue weighted by Crippen LogP contribution is -2.17. The highest BCUT2D eigenvalue weighted by Gasteiger charge is 1.93. The SMILES string of the molecule is CNC(=N)/C(Cl)=C\N. The molecule has 0 aromatic heterocycles. The average molecular weight is 134 g/mol. The Morgan fingerprint density at radius 1 is 1.88 bits per heavy atom. The van der Waals surface area contributed by atoms with Gasteiger partial charge in [0.2, 0.25) is 0 Å². The monoisotopic (exact) mass is 133 g/mol. The molecule has 0 aromatic rings. The number of amidine groups is 1. The van der Waals surface area contributed by atoms with Gasteiger partial charge >= 0.3 is 0 Å². The minimum Gasteiger partial charge on any atom is -0.403 e. The summed E-state index contributed by atoms with van der Waals surface area (Å²) in [4.78, 5) is 0. The van der Waals surface area contributed by atoms with Crippen LogP contribution in [0.25, 0.3) is 0 Å². The maximum absolute atomic E-state index is 6.95. The molecule has 4 heteroatoms. The molecule has 0 saturated carbocycles. The Kier molecular flexibility index (Phi) is 3.03. The Morgan fingerprint density at radius 2 is 2.38 bits per heavy atom. The number of hydrogen-bond donors (Lipinski definition) is 3. The van der Waals surface area contributed by atoms with E-state index in [0.717, 1.165) is 0 Å². The van der Waals surface area contributed by atoms with Crippen LogP contribution in [0.4, 0.5) is 0 Å². The second kappa shape index (κ2) is 3.32. The molecule has 0 saturated heterocycles. The van der Waals surface area contributed by atoms with E-state index in [-0.39, 0.29) is 10.9 Å². The molecule has 0 fully saturated rings. The smallest absolute Gasteiger partial charge is 0.138 e. The molecule has 0 aliphatic rings. The molecule has 0 aliphatic carbocycles. The highest BCUT2D eigenvalue weighted by atomic mass is 35.5. The van der Waals surface area contributed by atoms with Crippen molar-refractivity contribution in [3.8, 4) is 0 Å². The molecule has 0 atom stereocenters. The van der Waals surface area contributed by atoms with Crippen LogP contribution in [0, 0.1) is 5.41 Å². The quantitative estimate of drug-likeness (QED) is 0.354. The summed E-state index contributed by atoms with van der Waals surface area (Å²) < 4.78 is 0. The van der Waals surface area contributed by atoms with Gasteiger partial charge in [-0.2, -0.15) is 0 Å². The van der Waals surface area contributed by atoms with E-state index < -0.39 is 0 Å². The summed E-state index contributed by atoms with van der Waals surface area (Å²) in [6.07, 6.45) is 1.17. The van der Waals surface area contributed by atoms with Gasteiger partial charge in [0.1, 0.15) is 5.84 Å². The fourth-order valence-corrected chi connectivity index (χ4v) is 0.297. The lowest BCUT2D eigenvalue weighted by Gasteiger charge is -1.96. The summed E-state index contributed by atoms with van der Waals surface area (Å²) >= 11 is 5.36. The minimum atomic E-state index is 0.133. The number of rotatable bonds is 1. The van der Waals surface area contributed by atoms with Crippen molar-refractivity contribution in [2.45, 2.75) is 0 Å². The zero-order chi connectivity index (χ0) is 6.57. The third-order valence-corrected chi connectivity index (χ3v) is 0.950. The van der Waals surface area contributed by atoms with E-state index >= 15 is 0 Å². The van der Waals surface area contributed by atoms with Crippen LogP contribution in [0.15, 0.2) is 11.2 Å². The highest BCUT2D eigenvalue weighted by Crippen LogP contribution is 1.96. The molecule has 46 valence electrons. The van der Waals surface area contributed by atoms with Crippen molar-refractivity contribution >= 4 is 17.4 Å². The Balaban J connectivity index is 3.83. The lowest BCUT2D eigenvalue weighted by atomic mass is 10.5. The van der Waals surface area contributed by atoms with Gasteiger partial charge in [-0.05, 0) is 0 Å². The maximum atomic E-state index is 6.95. The lowest BCUT2D eigenvalue weighted by molar-refractivity contribution is 1.15. The topological polar surface area (TPSA) is 61.9 Å². The molecule has 8 heavy (non-hydrogen) atoms. The van der Waals surface area contributed by atoms with Crippen molar-refractivity contribution in [3.63, 3.8) is 0 Å². The van der Waals surface area contributed by atoms with E-state index in [1.165, 1.54) is 6.20 Å². The number of hydrogen-bond acceptors (Lipinski definition) is 2. The first-order valence-electron chi connectivity index (χ1n) is 2.06. The molecule has 0 heterocycles. The van der Waals surface area contributed by atoms with Gasteiger partial charge in [0.15, 0.2) is 0 Å². The molecule has 0 bridgehead atoms. The van der Waals surface area contributed by atoms with Crippen molar-refractivity contribution < 1.29 is 0 Å². The van der Waals surface area contributed by atoms with Gasteiger partial charge in [-0.15, -0.1) is 0 Å². The Labute approximate surface area is 53.0 Å². The van der Waals surface area contributed by atoms with E-state index in [4.69, 9.17) is 22.7 Å². The Hall–Kier alpha value is -0.700. The van der Waals surface area contributed by atoms with Gasteiger partial charge in [0.05, 0.1) is 5.03 Å². The van der Waals surface area contributed by atoms with Gasteiger partial charge in [0.25, 0.3) is 0 Å². The summed E-state index contributed by atoms with van der Waals surface area (Å²) in [6.45, 7) is 0. The summed E-state index contributed by atoms with van der Waals surface area (Å²) in [5.74, 6) is 0.133. The second-order valence-electron chi connectivity index (χ2n) is 1.14. The zero-order valence-corrected chi connectivity index (χ0v) is 5.29. The molecule has 4 N–H and O–H groups in total. The third kappa shape index (κ3) is 1.84. The van der Waals surface area contributed by atoms with E-state index in [1.807, 2.05) is 0 Å². The zero-order valence-electron chi connectivity index (χ0n) is 4.53. The van der Waals surface area contributed by atoms with Crippen LogP contribution in [0.5, 0.6) is 0 Å². The molecular formula is C4H8ClN3. The van der Waals surface area contributed by atoms with E-state index in [2.05, 4.69) is 5.32 Å². The Morgan fingerprint density at radius 3 is 2.50 bits per heavy atom. The number of nitrogens with one attached hydrogen (secondary N) is 2. The molecule has 3 nitrogen and oxygen atoms in total. The number of likely N-dealkylation sites (N-methyl/N-ethyl adjacent to an activating group) is 1.